The minimum absolute atomic E-state index is 0.0522. The Kier molecular flexibility index (Phi) is 7.87. The van der Waals surface area contributed by atoms with Crippen LogP contribution in [0.2, 0.25) is 0 Å². The van der Waals surface area contributed by atoms with Crippen LogP contribution in [0.25, 0.3) is 0 Å². The molecular formula is C19H30N4O3. The van der Waals surface area contributed by atoms with Crippen LogP contribution >= 0.6 is 0 Å². The number of hydrogen-bond acceptors (Lipinski definition) is 5. The van der Waals surface area contributed by atoms with E-state index in [1.54, 1.807) is 7.11 Å². The van der Waals surface area contributed by atoms with Crippen molar-refractivity contribution in [1.29, 1.82) is 0 Å². The Bertz CT molecular complexity index is 600. The first-order chi connectivity index (χ1) is 12.5. The zero-order valence-electron chi connectivity index (χ0n) is 16.0. The van der Waals surface area contributed by atoms with Crippen LogP contribution in [-0.2, 0) is 9.59 Å². The molecule has 144 valence electrons. The predicted molar refractivity (Wildman–Crippen MR) is 102 cm³/mol. The zero-order valence-corrected chi connectivity index (χ0v) is 16.0. The lowest BCUT2D eigenvalue weighted by atomic mass is 10.2. The highest BCUT2D eigenvalue weighted by molar-refractivity contribution is 5.95. The number of methoxy groups -OCH3 is 1. The minimum Gasteiger partial charge on any atom is -0.495 e. The maximum atomic E-state index is 12.6. The molecule has 1 atom stereocenters. The average Bonchev–Trinajstić information content (AvgIpc) is 2.66. The van der Waals surface area contributed by atoms with Gasteiger partial charge in [0.25, 0.3) is 0 Å². The second-order valence-corrected chi connectivity index (χ2v) is 6.53. The molecule has 0 radical (unpaired) electrons. The molecule has 2 N–H and O–H groups in total. The SMILES string of the molecule is CCCNC(=O)CN1CCN([C@H](C)C(=O)Nc2ccccc2OC)CC1. The predicted octanol–water partition coefficient (Wildman–Crippen LogP) is 1.17. The van der Waals surface area contributed by atoms with E-state index in [4.69, 9.17) is 4.74 Å². The molecule has 0 aliphatic carbocycles. The van der Waals surface area contributed by atoms with Gasteiger partial charge >= 0.3 is 0 Å². The smallest absolute Gasteiger partial charge is 0.241 e. The Morgan fingerprint density at radius 1 is 1.19 bits per heavy atom. The van der Waals surface area contributed by atoms with Crippen LogP contribution in [0, 0.1) is 0 Å². The number of carbonyl (C=O) groups excluding carboxylic acids is 2. The molecule has 0 bridgehead atoms. The molecule has 1 heterocycles. The van der Waals surface area contributed by atoms with E-state index in [9.17, 15) is 9.59 Å². The lowest BCUT2D eigenvalue weighted by Crippen LogP contribution is -2.54. The molecule has 1 fully saturated rings. The summed E-state index contributed by atoms with van der Waals surface area (Å²) in [5, 5.41) is 5.84. The van der Waals surface area contributed by atoms with Crippen LogP contribution < -0.4 is 15.4 Å². The highest BCUT2D eigenvalue weighted by atomic mass is 16.5. The van der Waals surface area contributed by atoms with Crippen molar-refractivity contribution in [2.75, 3.05) is 51.7 Å². The number of hydrogen-bond donors (Lipinski definition) is 2. The van der Waals surface area contributed by atoms with Gasteiger partial charge in [0, 0.05) is 32.7 Å². The van der Waals surface area contributed by atoms with Gasteiger partial charge in [0.1, 0.15) is 5.75 Å². The molecule has 0 unspecified atom stereocenters. The molecular weight excluding hydrogens is 332 g/mol. The summed E-state index contributed by atoms with van der Waals surface area (Å²) in [5.74, 6) is 0.668. The van der Waals surface area contributed by atoms with E-state index in [1.165, 1.54) is 0 Å². The molecule has 7 nitrogen and oxygen atoms in total. The van der Waals surface area contributed by atoms with Crippen molar-refractivity contribution in [3.05, 3.63) is 24.3 Å². The third kappa shape index (κ3) is 5.71. The summed E-state index contributed by atoms with van der Waals surface area (Å²) in [6, 6.07) is 7.15. The molecule has 0 aromatic heterocycles. The maximum Gasteiger partial charge on any atom is 0.241 e. The number of ether oxygens (including phenoxy) is 1. The number of nitrogens with one attached hydrogen (secondary N) is 2. The summed E-state index contributed by atoms with van der Waals surface area (Å²) in [6.45, 7) is 8.19. The first-order valence-electron chi connectivity index (χ1n) is 9.22. The van der Waals surface area contributed by atoms with Crippen LogP contribution in [0.3, 0.4) is 0 Å². The van der Waals surface area contributed by atoms with E-state index in [0.717, 1.165) is 39.1 Å². The number of rotatable bonds is 8. The summed E-state index contributed by atoms with van der Waals surface area (Å²) >= 11 is 0. The van der Waals surface area contributed by atoms with Crippen molar-refractivity contribution in [2.45, 2.75) is 26.3 Å². The van der Waals surface area contributed by atoms with Crippen LogP contribution in [-0.4, -0.2) is 74.0 Å². The van der Waals surface area contributed by atoms with Gasteiger partial charge < -0.3 is 15.4 Å². The van der Waals surface area contributed by atoms with Gasteiger partial charge in [-0.25, -0.2) is 0 Å². The summed E-state index contributed by atoms with van der Waals surface area (Å²) in [4.78, 5) is 28.7. The standard InChI is InChI=1S/C19H30N4O3/c1-4-9-20-18(24)14-22-10-12-23(13-11-22)15(2)19(25)21-16-7-5-6-8-17(16)26-3/h5-8,15H,4,9-14H2,1-3H3,(H,20,24)(H,21,25)/t15-/m1/s1. The maximum absolute atomic E-state index is 12.6. The Balaban J connectivity index is 1.81. The molecule has 1 aromatic carbocycles. The van der Waals surface area contributed by atoms with E-state index >= 15 is 0 Å². The number of nitrogens with zero attached hydrogens (tertiary/aromatic N) is 2. The van der Waals surface area contributed by atoms with Crippen molar-refractivity contribution in [3.63, 3.8) is 0 Å². The minimum atomic E-state index is -0.240. The van der Waals surface area contributed by atoms with Crippen LogP contribution in [0.15, 0.2) is 24.3 Å². The fraction of sp³-hybridized carbons (Fsp3) is 0.579. The summed E-state index contributed by atoms with van der Waals surface area (Å²) in [7, 11) is 1.59. The van der Waals surface area contributed by atoms with E-state index < -0.39 is 0 Å². The van der Waals surface area contributed by atoms with Crippen molar-refractivity contribution >= 4 is 17.5 Å². The number of piperazine rings is 1. The molecule has 1 aliphatic rings. The lowest BCUT2D eigenvalue weighted by molar-refractivity contribution is -0.124. The molecule has 7 heteroatoms. The number of amides is 2. The summed E-state index contributed by atoms with van der Waals surface area (Å²) in [5.41, 5.74) is 0.679. The van der Waals surface area contributed by atoms with Gasteiger partial charge in [-0.05, 0) is 25.5 Å². The van der Waals surface area contributed by atoms with Crippen molar-refractivity contribution in [3.8, 4) is 5.75 Å². The Morgan fingerprint density at radius 3 is 2.54 bits per heavy atom. The van der Waals surface area contributed by atoms with Gasteiger partial charge in [0.05, 0.1) is 25.4 Å². The molecule has 1 saturated heterocycles. The fourth-order valence-electron chi connectivity index (χ4n) is 2.98. The number of carbonyl (C=O) groups is 2. The molecule has 0 spiro atoms. The molecule has 26 heavy (non-hydrogen) atoms. The molecule has 2 amide bonds. The van der Waals surface area contributed by atoms with Gasteiger partial charge in [-0.15, -0.1) is 0 Å². The van der Waals surface area contributed by atoms with Gasteiger partial charge in [0.15, 0.2) is 0 Å². The van der Waals surface area contributed by atoms with Crippen LogP contribution in [0.4, 0.5) is 5.69 Å². The topological polar surface area (TPSA) is 73.9 Å². The van der Waals surface area contributed by atoms with Gasteiger partial charge in [-0.1, -0.05) is 19.1 Å². The average molecular weight is 362 g/mol. The Morgan fingerprint density at radius 2 is 1.88 bits per heavy atom. The van der Waals surface area contributed by atoms with Crippen molar-refractivity contribution in [2.24, 2.45) is 0 Å². The van der Waals surface area contributed by atoms with Crippen molar-refractivity contribution < 1.29 is 14.3 Å². The Labute approximate surface area is 155 Å². The lowest BCUT2D eigenvalue weighted by Gasteiger charge is -2.37. The van der Waals surface area contributed by atoms with E-state index in [0.29, 0.717) is 18.0 Å². The summed E-state index contributed by atoms with van der Waals surface area (Å²) in [6.07, 6.45) is 0.943. The normalized spacial score (nSPS) is 16.7. The van der Waals surface area contributed by atoms with Gasteiger partial charge in [0.2, 0.25) is 11.8 Å². The number of anilines is 1. The molecule has 1 aromatic rings. The van der Waals surface area contributed by atoms with E-state index in [-0.39, 0.29) is 17.9 Å². The quantitative estimate of drug-likeness (QED) is 0.726. The van der Waals surface area contributed by atoms with Crippen LogP contribution in [0.5, 0.6) is 5.75 Å². The van der Waals surface area contributed by atoms with Crippen LogP contribution in [0.1, 0.15) is 20.3 Å². The van der Waals surface area contributed by atoms with E-state index in [2.05, 4.69) is 20.4 Å². The van der Waals surface area contributed by atoms with Gasteiger partial charge in [-0.2, -0.15) is 0 Å². The zero-order chi connectivity index (χ0) is 18.9. The fourth-order valence-corrected chi connectivity index (χ4v) is 2.98. The van der Waals surface area contributed by atoms with Gasteiger partial charge in [-0.3, -0.25) is 19.4 Å². The highest BCUT2D eigenvalue weighted by Crippen LogP contribution is 2.23. The molecule has 1 aliphatic heterocycles. The number of benzene rings is 1. The Hall–Kier alpha value is -2.12. The molecule has 2 rings (SSSR count). The first kappa shape index (κ1) is 20.2. The third-order valence-corrected chi connectivity index (χ3v) is 4.64. The largest absolute Gasteiger partial charge is 0.495 e. The van der Waals surface area contributed by atoms with E-state index in [1.807, 2.05) is 38.1 Å². The second-order valence-electron chi connectivity index (χ2n) is 6.53. The first-order valence-corrected chi connectivity index (χ1v) is 9.22. The summed E-state index contributed by atoms with van der Waals surface area (Å²) < 4.78 is 5.28. The third-order valence-electron chi connectivity index (χ3n) is 4.64. The number of para-hydroxylation sites is 2. The monoisotopic (exact) mass is 362 g/mol. The second kappa shape index (κ2) is 10.1. The highest BCUT2D eigenvalue weighted by Gasteiger charge is 2.26. The van der Waals surface area contributed by atoms with Crippen molar-refractivity contribution in [1.82, 2.24) is 15.1 Å². The molecule has 0 saturated carbocycles.